The van der Waals surface area contributed by atoms with Gasteiger partial charge in [0.2, 0.25) is 0 Å². The van der Waals surface area contributed by atoms with Crippen LogP contribution >= 0.6 is 11.8 Å². The van der Waals surface area contributed by atoms with Crippen molar-refractivity contribution in [2.75, 3.05) is 26.1 Å². The topological polar surface area (TPSA) is 183 Å². The number of allylic oxidation sites excluding steroid dienone is 1. The zero-order valence-corrected chi connectivity index (χ0v) is 33.9. The number of nitrogens with zero attached hydrogens (tertiary/aromatic N) is 2. The molecule has 0 saturated carbocycles. The molecule has 3 aromatic rings. The second-order valence-electron chi connectivity index (χ2n) is 15.0. The molecule has 3 aliphatic heterocycles. The van der Waals surface area contributed by atoms with Gasteiger partial charge in [-0.05, 0) is 112 Å². The summed E-state index contributed by atoms with van der Waals surface area (Å²) in [6.45, 7) is 14.8. The van der Waals surface area contributed by atoms with Gasteiger partial charge in [0.05, 0.1) is 31.2 Å². The number of methoxy groups -OCH3 is 1. The number of aromatic nitrogens is 4. The number of aromatic amines is 2. The highest BCUT2D eigenvalue weighted by molar-refractivity contribution is 7.99. The van der Waals surface area contributed by atoms with E-state index in [-0.39, 0.29) is 23.9 Å². The van der Waals surface area contributed by atoms with Gasteiger partial charge in [-0.25, -0.2) is 4.98 Å². The van der Waals surface area contributed by atoms with Crippen molar-refractivity contribution in [2.24, 2.45) is 0 Å². The molecular formula is C42H56N4O8S. The van der Waals surface area contributed by atoms with Crippen molar-refractivity contribution >= 4 is 51.4 Å². The lowest BCUT2D eigenvalue weighted by Gasteiger charge is -2.39. The summed E-state index contributed by atoms with van der Waals surface area (Å²) in [5.41, 5.74) is 13.4. The van der Waals surface area contributed by atoms with Crippen molar-refractivity contribution in [3.8, 4) is 0 Å². The molecule has 0 amide bonds. The van der Waals surface area contributed by atoms with Crippen molar-refractivity contribution in [3.63, 3.8) is 0 Å². The molecule has 0 aromatic carbocycles. The van der Waals surface area contributed by atoms with Gasteiger partial charge < -0.3 is 44.6 Å². The quantitative estimate of drug-likeness (QED) is 0.0910. The number of hydrogen-bond acceptors (Lipinski definition) is 11. The third-order valence-electron chi connectivity index (χ3n) is 11.6. The van der Waals surface area contributed by atoms with Crippen LogP contribution in [-0.4, -0.2) is 102 Å². The Kier molecular flexibility index (Phi) is 12.9. The minimum atomic E-state index is -1.39. The SMILES string of the molecule is CCc1c(C)c2cc3[nH]c(cc4nc(c(C)c5nc(cc1[nH]2)C(C)=C5)[C@@H](CCC(=O)OC)[C@@H]4C)c(C)c3C(C)OCCCS[C@@H]1O[C@H](CO)[C@@H](O)[C@H](O)[C@H]1O. The van der Waals surface area contributed by atoms with E-state index in [1.165, 1.54) is 30.0 Å². The van der Waals surface area contributed by atoms with E-state index >= 15 is 0 Å². The van der Waals surface area contributed by atoms with Gasteiger partial charge in [0.25, 0.3) is 0 Å². The number of thioether (sulfide) groups is 1. The number of hydrogen-bond donors (Lipinski definition) is 6. The van der Waals surface area contributed by atoms with Crippen molar-refractivity contribution in [1.29, 1.82) is 0 Å². The van der Waals surface area contributed by atoms with Crippen LogP contribution in [0.4, 0.5) is 0 Å². The van der Waals surface area contributed by atoms with E-state index in [0.29, 0.717) is 31.6 Å². The lowest BCUT2D eigenvalue weighted by atomic mass is 9.86. The van der Waals surface area contributed by atoms with Gasteiger partial charge in [-0.1, -0.05) is 13.8 Å². The first-order chi connectivity index (χ1) is 26.3. The number of H-pyrrole nitrogens is 2. The standard InChI is InChI=1S/C42H56N4O8S/c1-9-26-21(3)30-18-34-37(25(7)53-13-10-14-55-42-41(51)40(50)39(49)35(19-47)54-42)23(5)32(45-34)17-31-22(4)27(11-12-36(48)52-8)38(46-31)24(6)29-15-20(2)28(43-29)16-33(26)44-30/h15-18,22,25,27,35,39-42,44-45,47,49-51H,9-14,19H2,1-8H3/t22-,25?,27-,35+,39+,40-,41+,42-/m0/s1. The highest BCUT2D eigenvalue weighted by Crippen LogP contribution is 2.42. The molecule has 6 N–H and O–H groups in total. The zero-order chi connectivity index (χ0) is 39.7. The molecule has 6 heterocycles. The molecule has 12 nitrogen and oxygen atoms in total. The third kappa shape index (κ3) is 8.30. The lowest BCUT2D eigenvalue weighted by Crippen LogP contribution is -2.57. The van der Waals surface area contributed by atoms with E-state index in [4.69, 9.17) is 24.2 Å². The average molecular weight is 777 g/mol. The number of carbonyl (C=O) groups excluding carboxylic acids is 1. The molecule has 298 valence electrons. The highest BCUT2D eigenvalue weighted by Gasteiger charge is 2.43. The number of aliphatic hydroxyl groups excluding tert-OH is 4. The predicted octanol–water partition coefficient (Wildman–Crippen LogP) is 6.20. The normalized spacial score (nSPS) is 24.5. The molecule has 8 bridgehead atoms. The Morgan fingerprint density at radius 1 is 0.964 bits per heavy atom. The molecule has 13 heteroatoms. The van der Waals surface area contributed by atoms with Crippen LogP contribution in [0.1, 0.15) is 115 Å². The molecule has 6 rings (SSSR count). The fourth-order valence-electron chi connectivity index (χ4n) is 8.13. The summed E-state index contributed by atoms with van der Waals surface area (Å²) in [4.78, 5) is 30.1. The van der Waals surface area contributed by atoms with Gasteiger partial charge in [0.15, 0.2) is 0 Å². The largest absolute Gasteiger partial charge is 0.469 e. The van der Waals surface area contributed by atoms with Crippen molar-refractivity contribution in [2.45, 2.75) is 122 Å². The van der Waals surface area contributed by atoms with Crippen LogP contribution in [0.2, 0.25) is 0 Å². The van der Waals surface area contributed by atoms with Crippen LogP contribution in [-0.2, 0) is 25.4 Å². The van der Waals surface area contributed by atoms with Crippen LogP contribution in [0.25, 0.3) is 33.7 Å². The van der Waals surface area contributed by atoms with E-state index in [0.717, 1.165) is 73.5 Å². The maximum atomic E-state index is 12.3. The fourth-order valence-corrected chi connectivity index (χ4v) is 9.22. The predicted molar refractivity (Wildman–Crippen MR) is 216 cm³/mol. The first-order valence-electron chi connectivity index (χ1n) is 19.3. The van der Waals surface area contributed by atoms with Crippen LogP contribution in [0.3, 0.4) is 0 Å². The van der Waals surface area contributed by atoms with Crippen LogP contribution in [0, 0.1) is 20.8 Å². The molecule has 3 aliphatic rings. The summed E-state index contributed by atoms with van der Waals surface area (Å²) in [6, 6.07) is 6.44. The molecule has 0 spiro atoms. The smallest absolute Gasteiger partial charge is 0.305 e. The molecule has 8 atom stereocenters. The Bertz CT molecular complexity index is 2090. The molecule has 55 heavy (non-hydrogen) atoms. The molecule has 0 radical (unpaired) electrons. The number of nitrogens with one attached hydrogen (secondary N) is 2. The van der Waals surface area contributed by atoms with Crippen LogP contribution in [0.15, 0.2) is 18.2 Å². The molecule has 3 aromatic heterocycles. The van der Waals surface area contributed by atoms with Gasteiger partial charge in [-0.2, -0.15) is 0 Å². The van der Waals surface area contributed by atoms with Crippen molar-refractivity contribution in [3.05, 3.63) is 68.8 Å². The second kappa shape index (κ2) is 17.3. The van der Waals surface area contributed by atoms with E-state index in [9.17, 15) is 25.2 Å². The minimum absolute atomic E-state index is 0.00855. The number of esters is 1. The van der Waals surface area contributed by atoms with E-state index in [1.807, 2.05) is 6.92 Å². The van der Waals surface area contributed by atoms with E-state index in [2.05, 4.69) is 75.8 Å². The van der Waals surface area contributed by atoms with Gasteiger partial charge in [-0.15, -0.1) is 11.8 Å². The maximum absolute atomic E-state index is 12.3. The first kappa shape index (κ1) is 41.1. The zero-order valence-electron chi connectivity index (χ0n) is 33.1. The summed E-state index contributed by atoms with van der Waals surface area (Å²) in [6.07, 6.45) is -0.718. The monoisotopic (exact) mass is 776 g/mol. The Labute approximate surface area is 326 Å². The summed E-state index contributed by atoms with van der Waals surface area (Å²) >= 11 is 1.32. The van der Waals surface area contributed by atoms with Gasteiger partial charge in [0.1, 0.15) is 29.9 Å². The number of rotatable bonds is 12. The highest BCUT2D eigenvalue weighted by atomic mass is 32.2. The molecule has 1 unspecified atom stereocenters. The maximum Gasteiger partial charge on any atom is 0.305 e. The number of aliphatic hydroxyl groups is 4. The van der Waals surface area contributed by atoms with Gasteiger partial charge >= 0.3 is 5.97 Å². The van der Waals surface area contributed by atoms with Crippen molar-refractivity contribution < 1.29 is 39.4 Å². The summed E-state index contributed by atoms with van der Waals surface area (Å²) in [7, 11) is 1.42. The minimum Gasteiger partial charge on any atom is -0.469 e. The Hall–Kier alpha value is -3.56. The number of carbonyl (C=O) groups is 1. The van der Waals surface area contributed by atoms with Gasteiger partial charge in [-0.3, -0.25) is 9.78 Å². The third-order valence-corrected chi connectivity index (χ3v) is 12.8. The Morgan fingerprint density at radius 3 is 2.40 bits per heavy atom. The Balaban J connectivity index is 1.39. The number of fused-ring (bicyclic) bond motifs is 8. The first-order valence-corrected chi connectivity index (χ1v) is 20.3. The fraction of sp³-hybridized carbons (Fsp3) is 0.548. The summed E-state index contributed by atoms with van der Waals surface area (Å²) in [5, 5.41) is 40.3. The molecule has 0 aliphatic carbocycles. The summed E-state index contributed by atoms with van der Waals surface area (Å²) in [5.74, 6) is 0.386. The molecule has 1 saturated heterocycles. The number of ether oxygens (including phenoxy) is 3. The van der Waals surface area contributed by atoms with Gasteiger partial charge in [0, 0.05) is 63.9 Å². The average Bonchev–Trinajstić information content (AvgIpc) is 3.87. The lowest BCUT2D eigenvalue weighted by molar-refractivity contribution is -0.205. The number of aryl methyl sites for hydroxylation is 3. The van der Waals surface area contributed by atoms with Crippen LogP contribution < -0.4 is 0 Å². The summed E-state index contributed by atoms with van der Waals surface area (Å²) < 4.78 is 17.1. The Morgan fingerprint density at radius 2 is 1.69 bits per heavy atom. The van der Waals surface area contributed by atoms with E-state index < -0.39 is 36.5 Å². The van der Waals surface area contributed by atoms with Crippen molar-refractivity contribution in [1.82, 2.24) is 19.9 Å². The molecular weight excluding hydrogens is 721 g/mol. The second-order valence-corrected chi connectivity index (χ2v) is 16.2. The van der Waals surface area contributed by atoms with Crippen LogP contribution in [0.5, 0.6) is 0 Å². The molecule has 1 fully saturated rings. The van der Waals surface area contributed by atoms with E-state index in [1.54, 1.807) is 0 Å².